The highest BCUT2D eigenvalue weighted by Gasteiger charge is 2.22. The number of amides is 1. The predicted molar refractivity (Wildman–Crippen MR) is 113 cm³/mol. The van der Waals surface area contributed by atoms with Crippen LogP contribution in [0.1, 0.15) is 15.9 Å². The number of rotatable bonds is 4. The van der Waals surface area contributed by atoms with Crippen molar-refractivity contribution in [2.24, 2.45) is 0 Å². The second-order valence-corrected chi connectivity index (χ2v) is 6.99. The lowest BCUT2D eigenvalue weighted by atomic mass is 10.2. The highest BCUT2D eigenvalue weighted by molar-refractivity contribution is 5.94. The molecule has 0 spiro atoms. The van der Waals surface area contributed by atoms with E-state index >= 15 is 0 Å². The van der Waals surface area contributed by atoms with Gasteiger partial charge in [-0.2, -0.15) is 0 Å². The van der Waals surface area contributed by atoms with Gasteiger partial charge >= 0.3 is 0 Å². The van der Waals surface area contributed by atoms with Crippen LogP contribution in [0.3, 0.4) is 0 Å². The SMILES string of the molecule is Cc1ccccc1Nc1ccc(C(=O)N2CCN(c3ccccc3)CC2)cn1. The molecule has 1 aliphatic heterocycles. The fourth-order valence-corrected chi connectivity index (χ4v) is 3.43. The molecule has 1 saturated heterocycles. The highest BCUT2D eigenvalue weighted by Crippen LogP contribution is 2.20. The topological polar surface area (TPSA) is 48.5 Å². The summed E-state index contributed by atoms with van der Waals surface area (Å²) >= 11 is 0. The Hall–Kier alpha value is -3.34. The van der Waals surface area contributed by atoms with E-state index in [1.165, 1.54) is 5.69 Å². The number of piperazine rings is 1. The Morgan fingerprint density at radius 3 is 2.29 bits per heavy atom. The first-order chi connectivity index (χ1) is 13.7. The highest BCUT2D eigenvalue weighted by atomic mass is 16.2. The van der Waals surface area contributed by atoms with Crippen LogP contribution >= 0.6 is 0 Å². The summed E-state index contributed by atoms with van der Waals surface area (Å²) in [6, 6.07) is 22.1. The number of aromatic nitrogens is 1. The lowest BCUT2D eigenvalue weighted by Gasteiger charge is -2.36. The second-order valence-electron chi connectivity index (χ2n) is 6.99. The van der Waals surface area contributed by atoms with Crippen molar-refractivity contribution in [2.45, 2.75) is 6.92 Å². The van der Waals surface area contributed by atoms with E-state index in [4.69, 9.17) is 0 Å². The van der Waals surface area contributed by atoms with E-state index in [1.54, 1.807) is 6.20 Å². The van der Waals surface area contributed by atoms with Gasteiger partial charge in [0.15, 0.2) is 0 Å². The van der Waals surface area contributed by atoms with Crippen molar-refractivity contribution in [1.29, 1.82) is 0 Å². The first kappa shape index (κ1) is 18.0. The van der Waals surface area contributed by atoms with Crippen LogP contribution in [-0.2, 0) is 0 Å². The average molecular weight is 372 g/mol. The fraction of sp³-hybridized carbons (Fsp3) is 0.217. The summed E-state index contributed by atoms with van der Waals surface area (Å²) in [7, 11) is 0. The molecule has 1 amide bonds. The van der Waals surface area contributed by atoms with Crippen LogP contribution in [0.2, 0.25) is 0 Å². The maximum atomic E-state index is 12.8. The maximum absolute atomic E-state index is 12.8. The number of anilines is 3. The Bertz CT molecular complexity index is 932. The van der Waals surface area contributed by atoms with Crippen LogP contribution in [0.25, 0.3) is 0 Å². The van der Waals surface area contributed by atoms with E-state index in [1.807, 2.05) is 53.4 Å². The molecule has 5 heteroatoms. The van der Waals surface area contributed by atoms with Crippen molar-refractivity contribution < 1.29 is 4.79 Å². The Balaban J connectivity index is 1.37. The summed E-state index contributed by atoms with van der Waals surface area (Å²) in [6.45, 7) is 5.18. The van der Waals surface area contributed by atoms with Crippen LogP contribution in [0.15, 0.2) is 72.9 Å². The van der Waals surface area contributed by atoms with Gasteiger partial charge in [-0.3, -0.25) is 4.79 Å². The number of aryl methyl sites for hydroxylation is 1. The number of hydrogen-bond acceptors (Lipinski definition) is 4. The van der Waals surface area contributed by atoms with Gasteiger partial charge in [0.05, 0.1) is 5.56 Å². The Morgan fingerprint density at radius 2 is 1.61 bits per heavy atom. The minimum atomic E-state index is 0.0441. The lowest BCUT2D eigenvalue weighted by Crippen LogP contribution is -2.48. The Morgan fingerprint density at radius 1 is 0.893 bits per heavy atom. The van der Waals surface area contributed by atoms with Crippen LogP contribution in [0, 0.1) is 6.92 Å². The van der Waals surface area contributed by atoms with E-state index in [0.29, 0.717) is 5.56 Å². The van der Waals surface area contributed by atoms with Crippen LogP contribution < -0.4 is 10.2 Å². The normalized spacial score (nSPS) is 14.0. The molecule has 1 N–H and O–H groups in total. The smallest absolute Gasteiger partial charge is 0.255 e. The first-order valence-electron chi connectivity index (χ1n) is 9.59. The number of benzene rings is 2. The van der Waals surface area contributed by atoms with E-state index in [-0.39, 0.29) is 5.91 Å². The van der Waals surface area contributed by atoms with Crippen molar-refractivity contribution >= 4 is 23.1 Å². The molecule has 5 nitrogen and oxygen atoms in total. The van der Waals surface area contributed by atoms with E-state index in [0.717, 1.165) is 43.2 Å². The number of pyridine rings is 1. The number of nitrogens with one attached hydrogen (secondary N) is 1. The molecule has 1 aromatic heterocycles. The molecule has 0 atom stereocenters. The molecule has 142 valence electrons. The number of nitrogens with zero attached hydrogens (tertiary/aromatic N) is 3. The molecule has 0 aliphatic carbocycles. The average Bonchev–Trinajstić information content (AvgIpc) is 2.76. The van der Waals surface area contributed by atoms with Gasteiger partial charge in [0, 0.05) is 43.8 Å². The monoisotopic (exact) mass is 372 g/mol. The van der Waals surface area contributed by atoms with Crippen molar-refractivity contribution in [2.75, 3.05) is 36.4 Å². The summed E-state index contributed by atoms with van der Waals surface area (Å²) in [6.07, 6.45) is 1.66. The van der Waals surface area contributed by atoms with Gasteiger partial charge in [0.1, 0.15) is 5.82 Å². The zero-order valence-corrected chi connectivity index (χ0v) is 16.0. The minimum absolute atomic E-state index is 0.0441. The standard InChI is InChI=1S/C23H24N4O/c1-18-7-5-6-10-21(18)25-22-12-11-19(17-24-22)23(28)27-15-13-26(14-16-27)20-8-3-2-4-9-20/h2-12,17H,13-16H2,1H3,(H,24,25). The molecule has 0 saturated carbocycles. The van der Waals surface area contributed by atoms with Crippen molar-refractivity contribution in [1.82, 2.24) is 9.88 Å². The zero-order chi connectivity index (χ0) is 19.3. The van der Waals surface area contributed by atoms with Crippen LogP contribution in [-0.4, -0.2) is 42.0 Å². The molecule has 0 bridgehead atoms. The molecule has 2 heterocycles. The molecule has 0 unspecified atom stereocenters. The van der Waals surface area contributed by atoms with Crippen LogP contribution in [0.5, 0.6) is 0 Å². The maximum Gasteiger partial charge on any atom is 0.255 e. The first-order valence-corrected chi connectivity index (χ1v) is 9.59. The van der Waals surface area contributed by atoms with Gasteiger partial charge in [-0.1, -0.05) is 36.4 Å². The quantitative estimate of drug-likeness (QED) is 0.749. The third kappa shape index (κ3) is 3.98. The number of hydrogen-bond donors (Lipinski definition) is 1. The third-order valence-electron chi connectivity index (χ3n) is 5.11. The fourth-order valence-electron chi connectivity index (χ4n) is 3.43. The largest absolute Gasteiger partial charge is 0.368 e. The van der Waals surface area contributed by atoms with Gasteiger partial charge in [-0.25, -0.2) is 4.98 Å². The molecule has 1 fully saturated rings. The van der Waals surface area contributed by atoms with Crippen molar-refractivity contribution in [3.05, 3.63) is 84.1 Å². The summed E-state index contributed by atoms with van der Waals surface area (Å²) in [5.41, 5.74) is 4.01. The Labute approximate surface area is 165 Å². The van der Waals surface area contributed by atoms with E-state index in [2.05, 4.69) is 40.3 Å². The van der Waals surface area contributed by atoms with Gasteiger partial charge < -0.3 is 15.1 Å². The molecule has 28 heavy (non-hydrogen) atoms. The lowest BCUT2D eigenvalue weighted by molar-refractivity contribution is 0.0746. The summed E-state index contributed by atoms with van der Waals surface area (Å²) in [5.74, 6) is 0.780. The molecular formula is C23H24N4O. The molecular weight excluding hydrogens is 348 g/mol. The molecule has 1 aliphatic rings. The number of para-hydroxylation sites is 2. The summed E-state index contributed by atoms with van der Waals surface area (Å²) in [4.78, 5) is 21.5. The molecule has 0 radical (unpaired) electrons. The minimum Gasteiger partial charge on any atom is -0.368 e. The number of carbonyl (C=O) groups excluding carboxylic acids is 1. The van der Waals surface area contributed by atoms with Gasteiger partial charge in [0.25, 0.3) is 5.91 Å². The summed E-state index contributed by atoms with van der Waals surface area (Å²) in [5, 5.41) is 3.30. The van der Waals surface area contributed by atoms with Gasteiger partial charge in [-0.15, -0.1) is 0 Å². The van der Waals surface area contributed by atoms with Crippen LogP contribution in [0.4, 0.5) is 17.2 Å². The van der Waals surface area contributed by atoms with Gasteiger partial charge in [0.2, 0.25) is 0 Å². The number of carbonyl (C=O) groups is 1. The van der Waals surface area contributed by atoms with Crippen molar-refractivity contribution in [3.8, 4) is 0 Å². The van der Waals surface area contributed by atoms with Crippen molar-refractivity contribution in [3.63, 3.8) is 0 Å². The predicted octanol–water partition coefficient (Wildman–Crippen LogP) is 4.10. The summed E-state index contributed by atoms with van der Waals surface area (Å²) < 4.78 is 0. The molecule has 2 aromatic carbocycles. The zero-order valence-electron chi connectivity index (χ0n) is 16.0. The Kier molecular flexibility index (Phi) is 5.24. The molecule has 4 rings (SSSR count). The van der Waals surface area contributed by atoms with Gasteiger partial charge in [-0.05, 0) is 42.8 Å². The molecule has 3 aromatic rings. The van der Waals surface area contributed by atoms with E-state index in [9.17, 15) is 4.79 Å². The van der Waals surface area contributed by atoms with E-state index < -0.39 is 0 Å². The second kappa shape index (κ2) is 8.13. The third-order valence-corrected chi connectivity index (χ3v) is 5.11.